The lowest BCUT2D eigenvalue weighted by Gasteiger charge is -2.13. The number of amides is 2. The summed E-state index contributed by atoms with van der Waals surface area (Å²) < 4.78 is 31.6. The molecule has 1 aliphatic rings. The fourth-order valence-electron chi connectivity index (χ4n) is 3.27. The molecular weight excluding hydrogens is 416 g/mol. The predicted octanol–water partition coefficient (Wildman–Crippen LogP) is 2.22. The number of unbranched alkanes of at least 4 members (excludes halogenated alkanes) is 7. The summed E-state index contributed by atoms with van der Waals surface area (Å²) >= 11 is 0. The normalized spacial score (nSPS) is 14.1. The summed E-state index contributed by atoms with van der Waals surface area (Å²) in [6, 6.07) is 0.620. The van der Waals surface area contributed by atoms with Gasteiger partial charge in [-0.3, -0.25) is 23.8 Å². The van der Waals surface area contributed by atoms with Gasteiger partial charge in [0.2, 0.25) is 17.7 Å². The van der Waals surface area contributed by atoms with Crippen LogP contribution < -0.4 is 0 Å². The summed E-state index contributed by atoms with van der Waals surface area (Å²) in [5.41, 5.74) is 0. The van der Waals surface area contributed by atoms with Gasteiger partial charge in [0.25, 0.3) is 21.9 Å². The van der Waals surface area contributed by atoms with Gasteiger partial charge < -0.3 is 10.2 Å². The Morgan fingerprint density at radius 1 is 0.867 bits per heavy atom. The van der Waals surface area contributed by atoms with Crippen molar-refractivity contribution in [3.63, 3.8) is 0 Å². The molecule has 11 heteroatoms. The molecule has 0 aliphatic carbocycles. The molecule has 0 saturated heterocycles. The summed E-state index contributed by atoms with van der Waals surface area (Å²) in [5.74, 6) is -2.94. The van der Waals surface area contributed by atoms with Gasteiger partial charge in [0.1, 0.15) is 0 Å². The summed E-state index contributed by atoms with van der Waals surface area (Å²) in [7, 11) is -4.74. The SMILES string of the molecule is O=C1C=CC(=O)N1CCCCCCCCCCC(=O)n1c(O)cc(S(=O)(=O)O)c1O. The van der Waals surface area contributed by atoms with Crippen molar-refractivity contribution in [3.05, 3.63) is 18.2 Å². The number of hydrogen-bond donors (Lipinski definition) is 3. The molecule has 166 valence electrons. The molecule has 10 nitrogen and oxygen atoms in total. The molecule has 0 bridgehead atoms. The largest absolute Gasteiger partial charge is 0.494 e. The van der Waals surface area contributed by atoms with Gasteiger partial charge in [-0.2, -0.15) is 8.42 Å². The third-order valence-electron chi connectivity index (χ3n) is 4.87. The topological polar surface area (TPSA) is 154 Å². The maximum atomic E-state index is 12.1. The highest BCUT2D eigenvalue weighted by molar-refractivity contribution is 7.86. The Balaban J connectivity index is 1.57. The Labute approximate surface area is 174 Å². The lowest BCUT2D eigenvalue weighted by Crippen LogP contribution is -2.30. The molecule has 3 N–H and O–H groups in total. The van der Waals surface area contributed by atoms with E-state index in [2.05, 4.69) is 0 Å². The van der Waals surface area contributed by atoms with Crippen molar-refractivity contribution in [2.75, 3.05) is 6.54 Å². The van der Waals surface area contributed by atoms with E-state index >= 15 is 0 Å². The summed E-state index contributed by atoms with van der Waals surface area (Å²) in [4.78, 5) is 35.2. The second kappa shape index (κ2) is 10.4. The molecule has 2 heterocycles. The Morgan fingerprint density at radius 3 is 1.87 bits per heavy atom. The van der Waals surface area contributed by atoms with Crippen LogP contribution >= 0.6 is 0 Å². The highest BCUT2D eigenvalue weighted by atomic mass is 32.2. The lowest BCUT2D eigenvalue weighted by atomic mass is 10.1. The number of nitrogens with zero attached hydrogens (tertiary/aromatic N) is 2. The Morgan fingerprint density at radius 2 is 1.37 bits per heavy atom. The second-order valence-corrected chi connectivity index (χ2v) is 8.52. The maximum Gasteiger partial charge on any atom is 0.300 e. The first-order chi connectivity index (χ1) is 14.1. The first-order valence-corrected chi connectivity index (χ1v) is 11.2. The van der Waals surface area contributed by atoms with Gasteiger partial charge in [-0.15, -0.1) is 0 Å². The lowest BCUT2D eigenvalue weighted by molar-refractivity contribution is -0.136. The molecule has 0 fully saturated rings. The third-order valence-corrected chi connectivity index (χ3v) is 5.73. The zero-order valence-corrected chi connectivity index (χ0v) is 17.3. The molecule has 2 amide bonds. The van der Waals surface area contributed by atoms with Gasteiger partial charge >= 0.3 is 0 Å². The fourth-order valence-corrected chi connectivity index (χ4v) is 3.85. The molecule has 1 aromatic rings. The van der Waals surface area contributed by atoms with Gasteiger partial charge in [0.15, 0.2) is 4.90 Å². The minimum absolute atomic E-state index is 0.00659. The molecule has 30 heavy (non-hydrogen) atoms. The van der Waals surface area contributed by atoms with E-state index in [0.29, 0.717) is 23.6 Å². The van der Waals surface area contributed by atoms with Crippen molar-refractivity contribution < 1.29 is 37.6 Å². The summed E-state index contributed by atoms with van der Waals surface area (Å²) in [6.07, 6.45) is 9.32. The van der Waals surface area contributed by atoms with Crippen LogP contribution in [0.2, 0.25) is 0 Å². The zero-order chi connectivity index (χ0) is 22.3. The number of carbonyl (C=O) groups excluding carboxylic acids is 3. The van der Waals surface area contributed by atoms with Gasteiger partial charge in [-0.1, -0.05) is 38.5 Å². The molecule has 0 atom stereocenters. The van der Waals surface area contributed by atoms with E-state index in [1.807, 2.05) is 0 Å². The van der Waals surface area contributed by atoms with Crippen LogP contribution in [0.1, 0.15) is 62.6 Å². The fraction of sp³-hybridized carbons (Fsp3) is 0.526. The van der Waals surface area contributed by atoms with Crippen LogP contribution in [0, 0.1) is 0 Å². The number of hydrogen-bond acceptors (Lipinski definition) is 7. The van der Waals surface area contributed by atoms with Crippen LogP contribution in [0.4, 0.5) is 0 Å². The van der Waals surface area contributed by atoms with Gasteiger partial charge in [0.05, 0.1) is 0 Å². The highest BCUT2D eigenvalue weighted by Crippen LogP contribution is 2.31. The quantitative estimate of drug-likeness (QED) is 0.253. The maximum absolute atomic E-state index is 12.1. The van der Waals surface area contributed by atoms with Crippen molar-refractivity contribution >= 4 is 27.8 Å². The first kappa shape index (κ1) is 23.6. The number of imide groups is 1. The zero-order valence-electron chi connectivity index (χ0n) is 16.5. The van der Waals surface area contributed by atoms with Crippen molar-refractivity contribution in [1.29, 1.82) is 0 Å². The smallest absolute Gasteiger partial charge is 0.300 e. The van der Waals surface area contributed by atoms with Crippen molar-refractivity contribution in [1.82, 2.24) is 9.47 Å². The Kier molecular flexibility index (Phi) is 8.18. The summed E-state index contributed by atoms with van der Waals surface area (Å²) in [5, 5.41) is 19.4. The molecule has 0 aromatic carbocycles. The van der Waals surface area contributed by atoms with E-state index in [-0.39, 0.29) is 18.2 Å². The highest BCUT2D eigenvalue weighted by Gasteiger charge is 2.26. The van der Waals surface area contributed by atoms with E-state index < -0.39 is 32.7 Å². The van der Waals surface area contributed by atoms with E-state index in [1.54, 1.807) is 0 Å². The average Bonchev–Trinajstić information content (AvgIpc) is 3.15. The van der Waals surface area contributed by atoms with Crippen molar-refractivity contribution in [2.45, 2.75) is 62.7 Å². The van der Waals surface area contributed by atoms with Crippen molar-refractivity contribution in [2.24, 2.45) is 0 Å². The molecule has 1 aromatic heterocycles. The Bertz CT molecular complexity index is 915. The van der Waals surface area contributed by atoms with E-state index in [9.17, 15) is 33.0 Å². The van der Waals surface area contributed by atoms with Gasteiger partial charge in [0, 0.05) is 31.2 Å². The monoisotopic (exact) mass is 442 g/mol. The van der Waals surface area contributed by atoms with Crippen LogP contribution in [0.25, 0.3) is 0 Å². The van der Waals surface area contributed by atoms with Crippen molar-refractivity contribution in [3.8, 4) is 11.8 Å². The van der Waals surface area contributed by atoms with Crippen LogP contribution in [0.15, 0.2) is 23.1 Å². The standard InChI is InChI=1S/C19H26N2O8S/c22-15-10-11-16(23)20(15)12-8-6-4-2-1-3-5-7-9-17(24)21-18(25)13-14(19(21)26)30(27,28)29/h10-11,13,25-26H,1-9,12H2,(H,27,28,29). The first-order valence-electron chi connectivity index (χ1n) is 9.81. The predicted molar refractivity (Wildman–Crippen MR) is 106 cm³/mol. The Hall–Kier alpha value is -2.66. The minimum Gasteiger partial charge on any atom is -0.494 e. The number of aromatic nitrogens is 1. The third kappa shape index (κ3) is 6.17. The molecule has 2 rings (SSSR count). The average molecular weight is 442 g/mol. The van der Waals surface area contributed by atoms with Gasteiger partial charge in [-0.25, -0.2) is 4.57 Å². The van der Waals surface area contributed by atoms with E-state index in [1.165, 1.54) is 17.1 Å². The van der Waals surface area contributed by atoms with E-state index in [0.717, 1.165) is 44.9 Å². The molecular formula is C19H26N2O8S. The minimum atomic E-state index is -4.74. The van der Waals surface area contributed by atoms with Crippen LogP contribution in [0.5, 0.6) is 11.8 Å². The van der Waals surface area contributed by atoms with Crippen LogP contribution in [-0.2, 0) is 19.7 Å². The second-order valence-electron chi connectivity index (χ2n) is 7.13. The van der Waals surface area contributed by atoms with Crippen LogP contribution in [-0.4, -0.2) is 56.9 Å². The molecule has 0 unspecified atom stereocenters. The molecule has 1 aliphatic heterocycles. The summed E-state index contributed by atoms with van der Waals surface area (Å²) in [6.45, 7) is 0.436. The van der Waals surface area contributed by atoms with Gasteiger partial charge in [-0.05, 0) is 12.8 Å². The number of rotatable bonds is 12. The molecule has 0 saturated carbocycles. The number of aromatic hydroxyl groups is 2. The van der Waals surface area contributed by atoms with E-state index in [4.69, 9.17) is 4.55 Å². The number of carbonyl (C=O) groups is 3. The van der Waals surface area contributed by atoms with Crippen LogP contribution in [0.3, 0.4) is 0 Å². The molecule has 0 spiro atoms. The molecule has 0 radical (unpaired) electrons.